The zero-order chi connectivity index (χ0) is 13.9. The van der Waals surface area contributed by atoms with Crippen LogP contribution >= 0.6 is 0 Å². The summed E-state index contributed by atoms with van der Waals surface area (Å²) in [6.45, 7) is 5.82. The van der Waals surface area contributed by atoms with Crippen molar-refractivity contribution in [1.29, 1.82) is 0 Å². The van der Waals surface area contributed by atoms with E-state index >= 15 is 0 Å². The summed E-state index contributed by atoms with van der Waals surface area (Å²) in [5.74, 6) is 2.61. The summed E-state index contributed by atoms with van der Waals surface area (Å²) >= 11 is 0. The Morgan fingerprint density at radius 2 is 2.11 bits per heavy atom. The molecule has 0 aliphatic heterocycles. The molecule has 6 nitrogen and oxygen atoms in total. The van der Waals surface area contributed by atoms with E-state index in [-0.39, 0.29) is 11.5 Å². The highest BCUT2D eigenvalue weighted by Crippen LogP contribution is 2.16. The summed E-state index contributed by atoms with van der Waals surface area (Å²) in [4.78, 5) is 25.5. The van der Waals surface area contributed by atoms with Crippen LogP contribution in [-0.2, 0) is 6.54 Å². The first kappa shape index (κ1) is 13.9. The molecule has 0 amide bonds. The van der Waals surface area contributed by atoms with Gasteiger partial charge in [-0.05, 0) is 20.3 Å². The second kappa shape index (κ2) is 5.00. The Balaban J connectivity index is 3.38. The van der Waals surface area contributed by atoms with Crippen LogP contribution in [0.4, 0.5) is 11.5 Å². The lowest BCUT2D eigenvalue weighted by atomic mass is 10.1. The van der Waals surface area contributed by atoms with Gasteiger partial charge >= 0.3 is 5.69 Å². The van der Waals surface area contributed by atoms with Gasteiger partial charge in [0.05, 0.1) is 5.54 Å². The van der Waals surface area contributed by atoms with Crippen molar-refractivity contribution < 1.29 is 0 Å². The van der Waals surface area contributed by atoms with Crippen molar-refractivity contribution in [2.75, 3.05) is 11.1 Å². The van der Waals surface area contributed by atoms with E-state index in [9.17, 15) is 9.59 Å². The molecule has 0 atom stereocenters. The van der Waals surface area contributed by atoms with Gasteiger partial charge in [-0.1, -0.05) is 12.8 Å². The van der Waals surface area contributed by atoms with Gasteiger partial charge in [0.25, 0.3) is 5.56 Å². The minimum atomic E-state index is -0.727. The zero-order valence-corrected chi connectivity index (χ0v) is 10.8. The zero-order valence-electron chi connectivity index (χ0n) is 10.8. The molecule has 0 bridgehead atoms. The number of H-pyrrole nitrogens is 1. The van der Waals surface area contributed by atoms with Gasteiger partial charge in [0.15, 0.2) is 0 Å². The number of nitrogen functional groups attached to an aromatic ring is 1. The minimum absolute atomic E-state index is 0.105. The summed E-state index contributed by atoms with van der Waals surface area (Å²) < 4.78 is 1.32. The monoisotopic (exact) mass is 250 g/mol. The van der Waals surface area contributed by atoms with Gasteiger partial charge in [0, 0.05) is 6.54 Å². The fourth-order valence-corrected chi connectivity index (χ4v) is 1.50. The van der Waals surface area contributed by atoms with Gasteiger partial charge in [0.2, 0.25) is 0 Å². The van der Waals surface area contributed by atoms with E-state index in [2.05, 4.69) is 16.2 Å². The molecule has 0 aliphatic rings. The maximum Gasteiger partial charge on any atom is 0.330 e. The fourth-order valence-electron chi connectivity index (χ4n) is 1.50. The smallest absolute Gasteiger partial charge is 0.330 e. The van der Waals surface area contributed by atoms with E-state index in [0.29, 0.717) is 6.54 Å². The number of aromatic nitrogens is 2. The summed E-state index contributed by atoms with van der Waals surface area (Å²) in [7, 11) is 0. The van der Waals surface area contributed by atoms with Crippen LogP contribution in [0.15, 0.2) is 9.59 Å². The molecule has 0 fully saturated rings. The van der Waals surface area contributed by atoms with Crippen molar-refractivity contribution >= 4 is 11.5 Å². The SMILES string of the molecule is C#CC(C)(C)Nc1c(N)n(CCC)c(=O)[nH]c1=O. The standard InChI is InChI=1S/C12H18N4O2/c1-5-7-16-9(13)8(10(17)14-11(16)18)15-12(3,4)6-2/h2,15H,5,7,13H2,1,3-4H3,(H,14,17,18). The van der Waals surface area contributed by atoms with E-state index < -0.39 is 16.8 Å². The van der Waals surface area contributed by atoms with Gasteiger partial charge in [-0.2, -0.15) is 0 Å². The van der Waals surface area contributed by atoms with E-state index in [0.717, 1.165) is 6.42 Å². The fraction of sp³-hybridized carbons (Fsp3) is 0.500. The number of nitrogens with two attached hydrogens (primary N) is 1. The van der Waals surface area contributed by atoms with Crippen molar-refractivity contribution in [3.63, 3.8) is 0 Å². The second-order valence-corrected chi connectivity index (χ2v) is 4.57. The molecule has 0 aliphatic carbocycles. The third-order valence-corrected chi connectivity index (χ3v) is 2.49. The van der Waals surface area contributed by atoms with Crippen molar-refractivity contribution in [2.45, 2.75) is 39.3 Å². The highest BCUT2D eigenvalue weighted by Gasteiger charge is 2.19. The average molecular weight is 250 g/mol. The Labute approximate surface area is 105 Å². The number of aromatic amines is 1. The van der Waals surface area contributed by atoms with Crippen LogP contribution < -0.4 is 22.3 Å². The maximum absolute atomic E-state index is 11.7. The van der Waals surface area contributed by atoms with Crippen LogP contribution in [0.5, 0.6) is 0 Å². The molecular formula is C12H18N4O2. The van der Waals surface area contributed by atoms with E-state index in [1.165, 1.54) is 4.57 Å². The Morgan fingerprint density at radius 3 is 2.61 bits per heavy atom. The van der Waals surface area contributed by atoms with E-state index in [4.69, 9.17) is 12.2 Å². The second-order valence-electron chi connectivity index (χ2n) is 4.57. The lowest BCUT2D eigenvalue weighted by Gasteiger charge is -2.22. The largest absolute Gasteiger partial charge is 0.383 e. The number of rotatable bonds is 4. The van der Waals surface area contributed by atoms with Crippen LogP contribution in [0.2, 0.25) is 0 Å². The summed E-state index contributed by atoms with van der Waals surface area (Å²) in [6.07, 6.45) is 6.08. The molecule has 0 unspecified atom stereocenters. The van der Waals surface area contributed by atoms with Crippen LogP contribution in [-0.4, -0.2) is 15.1 Å². The molecule has 4 N–H and O–H groups in total. The van der Waals surface area contributed by atoms with E-state index in [1.54, 1.807) is 13.8 Å². The highest BCUT2D eigenvalue weighted by molar-refractivity contribution is 5.62. The minimum Gasteiger partial charge on any atom is -0.383 e. The van der Waals surface area contributed by atoms with Crippen molar-refractivity contribution in [3.05, 3.63) is 20.8 Å². The van der Waals surface area contributed by atoms with Gasteiger partial charge in [-0.3, -0.25) is 14.3 Å². The number of anilines is 2. The van der Waals surface area contributed by atoms with Crippen LogP contribution in [0.1, 0.15) is 27.2 Å². The summed E-state index contributed by atoms with van der Waals surface area (Å²) in [6, 6.07) is 0. The molecule has 98 valence electrons. The topological polar surface area (TPSA) is 92.9 Å². The molecule has 18 heavy (non-hydrogen) atoms. The van der Waals surface area contributed by atoms with Crippen LogP contribution in [0, 0.1) is 12.3 Å². The Hall–Kier alpha value is -2.16. The van der Waals surface area contributed by atoms with Gasteiger partial charge in [-0.15, -0.1) is 6.42 Å². The first-order chi connectivity index (χ1) is 8.32. The molecule has 0 spiro atoms. The maximum atomic E-state index is 11.7. The van der Waals surface area contributed by atoms with Crippen molar-refractivity contribution in [1.82, 2.24) is 9.55 Å². The number of nitrogens with zero attached hydrogens (tertiary/aromatic N) is 1. The molecule has 0 saturated carbocycles. The van der Waals surface area contributed by atoms with Gasteiger partial charge in [-0.25, -0.2) is 4.79 Å². The van der Waals surface area contributed by atoms with Crippen molar-refractivity contribution in [2.24, 2.45) is 0 Å². The molecule has 1 heterocycles. The molecule has 0 saturated heterocycles. The highest BCUT2D eigenvalue weighted by atomic mass is 16.2. The van der Waals surface area contributed by atoms with E-state index in [1.807, 2.05) is 6.92 Å². The summed E-state index contributed by atoms with van der Waals surface area (Å²) in [5.41, 5.74) is 4.18. The number of nitrogens with one attached hydrogen (secondary N) is 2. The molecule has 1 aromatic heterocycles. The average Bonchev–Trinajstić information content (AvgIpc) is 2.30. The van der Waals surface area contributed by atoms with Gasteiger partial charge < -0.3 is 11.1 Å². The molecule has 6 heteroatoms. The van der Waals surface area contributed by atoms with Crippen LogP contribution in [0.3, 0.4) is 0 Å². The summed E-state index contributed by atoms with van der Waals surface area (Å²) in [5, 5.41) is 2.87. The predicted molar refractivity (Wildman–Crippen MR) is 72.6 cm³/mol. The Bertz CT molecular complexity index is 590. The lowest BCUT2D eigenvalue weighted by Crippen LogP contribution is -2.38. The molecule has 1 rings (SSSR count). The first-order valence-corrected chi connectivity index (χ1v) is 5.71. The quantitative estimate of drug-likeness (QED) is 0.672. The third kappa shape index (κ3) is 2.74. The number of hydrogen-bond acceptors (Lipinski definition) is 4. The molecule has 0 radical (unpaired) electrons. The Morgan fingerprint density at radius 1 is 1.50 bits per heavy atom. The van der Waals surface area contributed by atoms with Crippen molar-refractivity contribution in [3.8, 4) is 12.3 Å². The number of terminal acetylenes is 1. The molecular weight excluding hydrogens is 232 g/mol. The normalized spacial score (nSPS) is 11.0. The molecule has 0 aromatic carbocycles. The van der Waals surface area contributed by atoms with Crippen LogP contribution in [0.25, 0.3) is 0 Å². The Kier molecular flexibility index (Phi) is 3.86. The number of hydrogen-bond donors (Lipinski definition) is 3. The first-order valence-electron chi connectivity index (χ1n) is 5.71. The van der Waals surface area contributed by atoms with Gasteiger partial charge in [0.1, 0.15) is 11.5 Å². The predicted octanol–water partition coefficient (Wildman–Crippen LogP) is 0.352. The third-order valence-electron chi connectivity index (χ3n) is 2.49. The lowest BCUT2D eigenvalue weighted by molar-refractivity contribution is 0.638. The molecule has 1 aromatic rings.